The lowest BCUT2D eigenvalue weighted by Crippen LogP contribution is -2.52. The maximum absolute atomic E-state index is 12.9. The van der Waals surface area contributed by atoms with Gasteiger partial charge in [0.15, 0.2) is 0 Å². The van der Waals surface area contributed by atoms with Crippen molar-refractivity contribution < 1.29 is 18.0 Å². The summed E-state index contributed by atoms with van der Waals surface area (Å²) in [4.78, 5) is 13.9. The van der Waals surface area contributed by atoms with Gasteiger partial charge in [-0.3, -0.25) is 4.79 Å². The van der Waals surface area contributed by atoms with Gasteiger partial charge in [-0.05, 0) is 44.2 Å². The number of alkyl halides is 3. The van der Waals surface area contributed by atoms with Crippen molar-refractivity contribution in [2.75, 3.05) is 19.6 Å². The number of halogens is 3. The molecule has 0 bridgehead atoms. The number of carbonyl (C=O) groups is 1. The van der Waals surface area contributed by atoms with Crippen LogP contribution in [-0.4, -0.2) is 42.7 Å². The Morgan fingerprint density at radius 2 is 1.86 bits per heavy atom. The number of nitrogens with one attached hydrogen (secondary N) is 1. The summed E-state index contributed by atoms with van der Waals surface area (Å²) in [6, 6.07) is -0.281. The summed E-state index contributed by atoms with van der Waals surface area (Å²) in [6.07, 6.45) is -0.566. The largest absolute Gasteiger partial charge is 0.406 e. The van der Waals surface area contributed by atoms with E-state index in [4.69, 9.17) is 0 Å². The zero-order valence-electron chi connectivity index (χ0n) is 12.8. The molecule has 1 heterocycles. The Labute approximate surface area is 124 Å². The van der Waals surface area contributed by atoms with E-state index < -0.39 is 12.7 Å². The SMILES string of the molecule is CC1(C)CCCC1C(=O)N(CC(F)(F)F)C1CCNCC1. The minimum absolute atomic E-state index is 0.187. The van der Waals surface area contributed by atoms with Crippen molar-refractivity contribution in [3.63, 3.8) is 0 Å². The number of amides is 1. The summed E-state index contributed by atoms with van der Waals surface area (Å²) in [5, 5.41) is 3.14. The van der Waals surface area contributed by atoms with Crippen LogP contribution in [0.5, 0.6) is 0 Å². The monoisotopic (exact) mass is 306 g/mol. The van der Waals surface area contributed by atoms with Crippen molar-refractivity contribution in [1.29, 1.82) is 0 Å². The first-order valence-electron chi connectivity index (χ1n) is 7.79. The molecule has 0 radical (unpaired) electrons. The lowest BCUT2D eigenvalue weighted by Gasteiger charge is -2.39. The van der Waals surface area contributed by atoms with Gasteiger partial charge in [0, 0.05) is 12.0 Å². The molecule has 1 aliphatic carbocycles. The second kappa shape index (κ2) is 6.15. The molecule has 6 heteroatoms. The Bertz CT molecular complexity index is 376. The Kier molecular flexibility index (Phi) is 4.85. The number of hydrogen-bond acceptors (Lipinski definition) is 2. The van der Waals surface area contributed by atoms with E-state index in [-0.39, 0.29) is 23.3 Å². The summed E-state index contributed by atoms with van der Waals surface area (Å²) >= 11 is 0. The highest BCUT2D eigenvalue weighted by atomic mass is 19.4. The van der Waals surface area contributed by atoms with Crippen LogP contribution in [0.25, 0.3) is 0 Å². The number of piperidine rings is 1. The smallest absolute Gasteiger partial charge is 0.330 e. The van der Waals surface area contributed by atoms with E-state index in [1.54, 1.807) is 0 Å². The molecule has 0 aromatic carbocycles. The van der Waals surface area contributed by atoms with Crippen LogP contribution in [0, 0.1) is 11.3 Å². The minimum atomic E-state index is -4.33. The zero-order valence-corrected chi connectivity index (χ0v) is 12.8. The van der Waals surface area contributed by atoms with Crippen molar-refractivity contribution in [3.8, 4) is 0 Å². The van der Waals surface area contributed by atoms with Crippen LogP contribution in [0.4, 0.5) is 13.2 Å². The van der Waals surface area contributed by atoms with Crippen LogP contribution < -0.4 is 5.32 Å². The van der Waals surface area contributed by atoms with Gasteiger partial charge in [0.1, 0.15) is 6.54 Å². The third kappa shape index (κ3) is 4.11. The molecule has 21 heavy (non-hydrogen) atoms. The third-order valence-corrected chi connectivity index (χ3v) is 4.94. The van der Waals surface area contributed by atoms with Gasteiger partial charge in [0.25, 0.3) is 0 Å². The molecule has 1 atom stereocenters. The molecule has 3 nitrogen and oxygen atoms in total. The van der Waals surface area contributed by atoms with E-state index in [0.717, 1.165) is 17.7 Å². The van der Waals surface area contributed by atoms with Gasteiger partial charge < -0.3 is 10.2 Å². The Hall–Kier alpha value is -0.780. The molecule has 0 spiro atoms. The summed E-state index contributed by atoms with van der Waals surface area (Å²) in [6.45, 7) is 4.25. The molecule has 1 aliphatic heterocycles. The molecule has 1 unspecified atom stereocenters. The lowest BCUT2D eigenvalue weighted by atomic mass is 9.80. The van der Waals surface area contributed by atoms with Gasteiger partial charge in [-0.25, -0.2) is 0 Å². The molecule has 1 N–H and O–H groups in total. The van der Waals surface area contributed by atoms with Crippen LogP contribution in [0.1, 0.15) is 46.0 Å². The van der Waals surface area contributed by atoms with E-state index in [1.165, 1.54) is 0 Å². The molecule has 1 saturated carbocycles. The second-order valence-electron chi connectivity index (χ2n) is 7.00. The molecule has 2 rings (SSSR count). The maximum atomic E-state index is 12.9. The normalized spacial score (nSPS) is 26.8. The quantitative estimate of drug-likeness (QED) is 0.869. The van der Waals surface area contributed by atoms with Crippen LogP contribution in [0.15, 0.2) is 0 Å². The molecule has 0 aromatic heterocycles. The number of rotatable bonds is 3. The molecular formula is C15H25F3N2O. The first-order chi connectivity index (χ1) is 9.71. The van der Waals surface area contributed by atoms with Gasteiger partial charge in [0.05, 0.1) is 0 Å². The van der Waals surface area contributed by atoms with Crippen LogP contribution >= 0.6 is 0 Å². The first kappa shape index (κ1) is 16.6. The first-order valence-corrected chi connectivity index (χ1v) is 7.79. The fourth-order valence-electron chi connectivity index (χ4n) is 3.68. The second-order valence-corrected chi connectivity index (χ2v) is 7.00. The molecule has 1 amide bonds. The topological polar surface area (TPSA) is 32.3 Å². The van der Waals surface area contributed by atoms with E-state index in [1.807, 2.05) is 13.8 Å². The van der Waals surface area contributed by atoms with Crippen molar-refractivity contribution >= 4 is 5.91 Å². The summed E-state index contributed by atoms with van der Waals surface area (Å²) in [5.74, 6) is -0.559. The van der Waals surface area contributed by atoms with Gasteiger partial charge >= 0.3 is 6.18 Å². The van der Waals surface area contributed by atoms with Crippen LogP contribution in [0.2, 0.25) is 0 Å². The average Bonchev–Trinajstić information content (AvgIpc) is 2.75. The minimum Gasteiger partial charge on any atom is -0.330 e. The molecule has 2 fully saturated rings. The molecule has 2 aliphatic rings. The van der Waals surface area contributed by atoms with Gasteiger partial charge in [-0.15, -0.1) is 0 Å². The number of hydrogen-bond donors (Lipinski definition) is 1. The molecule has 1 saturated heterocycles. The van der Waals surface area contributed by atoms with Gasteiger partial charge in [-0.2, -0.15) is 13.2 Å². The summed E-state index contributed by atoms with van der Waals surface area (Å²) < 4.78 is 38.7. The predicted octanol–water partition coefficient (Wildman–Crippen LogP) is 2.96. The van der Waals surface area contributed by atoms with Crippen LogP contribution in [0.3, 0.4) is 0 Å². The van der Waals surface area contributed by atoms with Gasteiger partial charge in [0.2, 0.25) is 5.91 Å². The van der Waals surface area contributed by atoms with E-state index in [2.05, 4.69) is 5.32 Å². The van der Waals surface area contributed by atoms with Crippen molar-refractivity contribution in [1.82, 2.24) is 10.2 Å². The van der Waals surface area contributed by atoms with Crippen molar-refractivity contribution in [3.05, 3.63) is 0 Å². The standard InChI is InChI=1S/C15H25F3N2O/c1-14(2)7-3-4-12(14)13(21)20(10-15(16,17)18)11-5-8-19-9-6-11/h11-12,19H,3-10H2,1-2H3. The molecular weight excluding hydrogens is 281 g/mol. The van der Waals surface area contributed by atoms with Gasteiger partial charge in [-0.1, -0.05) is 20.3 Å². The zero-order chi connectivity index (χ0) is 15.7. The fourth-order valence-corrected chi connectivity index (χ4v) is 3.68. The predicted molar refractivity (Wildman–Crippen MR) is 74.8 cm³/mol. The Morgan fingerprint density at radius 3 is 2.33 bits per heavy atom. The Balaban J connectivity index is 2.15. The van der Waals surface area contributed by atoms with Crippen molar-refractivity contribution in [2.45, 2.75) is 58.2 Å². The average molecular weight is 306 g/mol. The van der Waals surface area contributed by atoms with E-state index in [9.17, 15) is 18.0 Å². The Morgan fingerprint density at radius 1 is 1.24 bits per heavy atom. The number of nitrogens with zero attached hydrogens (tertiary/aromatic N) is 1. The summed E-state index contributed by atoms with van der Waals surface area (Å²) in [7, 11) is 0. The van der Waals surface area contributed by atoms with Crippen LogP contribution in [-0.2, 0) is 4.79 Å². The van der Waals surface area contributed by atoms with Crippen molar-refractivity contribution in [2.24, 2.45) is 11.3 Å². The van der Waals surface area contributed by atoms with E-state index in [0.29, 0.717) is 32.4 Å². The highest BCUT2D eigenvalue weighted by molar-refractivity contribution is 5.80. The molecule has 122 valence electrons. The molecule has 0 aromatic rings. The van der Waals surface area contributed by atoms with E-state index >= 15 is 0 Å². The number of carbonyl (C=O) groups excluding carboxylic acids is 1. The third-order valence-electron chi connectivity index (χ3n) is 4.94. The lowest BCUT2D eigenvalue weighted by molar-refractivity contribution is -0.171. The summed E-state index contributed by atoms with van der Waals surface area (Å²) in [5.41, 5.74) is -0.187. The highest BCUT2D eigenvalue weighted by Gasteiger charge is 2.45. The fraction of sp³-hybridized carbons (Fsp3) is 0.933. The maximum Gasteiger partial charge on any atom is 0.406 e. The highest BCUT2D eigenvalue weighted by Crippen LogP contribution is 2.44.